The zero-order valence-corrected chi connectivity index (χ0v) is 15.0. The maximum absolute atomic E-state index is 12.5. The number of hydrogen-bond acceptors (Lipinski definition) is 5. The molecule has 3 aromatic rings. The van der Waals surface area contributed by atoms with Crippen molar-refractivity contribution >= 4 is 22.4 Å². The normalized spacial score (nSPS) is 10.8. The molecule has 1 amide bonds. The van der Waals surface area contributed by atoms with Crippen LogP contribution in [0.1, 0.15) is 39.9 Å². The molecule has 0 atom stereocenters. The molecule has 0 aliphatic heterocycles. The number of anilines is 1. The van der Waals surface area contributed by atoms with Crippen molar-refractivity contribution in [1.29, 1.82) is 0 Å². The van der Waals surface area contributed by atoms with Gasteiger partial charge in [-0.25, -0.2) is 4.98 Å². The molecule has 1 N–H and O–H groups in total. The molecular weight excluding hydrogens is 322 g/mol. The van der Waals surface area contributed by atoms with Crippen LogP contribution in [0.3, 0.4) is 0 Å². The second-order valence-electron chi connectivity index (χ2n) is 5.71. The summed E-state index contributed by atoms with van der Waals surface area (Å²) >= 11 is 1.41. The molecule has 24 heavy (non-hydrogen) atoms. The van der Waals surface area contributed by atoms with Crippen LogP contribution in [0.5, 0.6) is 0 Å². The van der Waals surface area contributed by atoms with Crippen molar-refractivity contribution in [1.82, 2.24) is 10.1 Å². The van der Waals surface area contributed by atoms with E-state index < -0.39 is 0 Å². The van der Waals surface area contributed by atoms with Crippen LogP contribution >= 0.6 is 11.3 Å². The van der Waals surface area contributed by atoms with E-state index in [4.69, 9.17) is 4.52 Å². The van der Waals surface area contributed by atoms with Gasteiger partial charge in [-0.3, -0.25) is 10.1 Å². The number of nitrogens with one attached hydrogen (secondary N) is 1. The van der Waals surface area contributed by atoms with Crippen LogP contribution in [-0.4, -0.2) is 16.0 Å². The molecule has 3 rings (SSSR count). The molecule has 0 saturated heterocycles. The highest BCUT2D eigenvalue weighted by Gasteiger charge is 2.20. The van der Waals surface area contributed by atoms with E-state index in [1.165, 1.54) is 22.5 Å². The Morgan fingerprint density at radius 1 is 1.25 bits per heavy atom. The molecule has 0 saturated carbocycles. The molecule has 2 heterocycles. The van der Waals surface area contributed by atoms with Crippen LogP contribution in [-0.2, 0) is 6.42 Å². The summed E-state index contributed by atoms with van der Waals surface area (Å²) in [5.74, 6) is 0.363. The van der Waals surface area contributed by atoms with Crippen LogP contribution < -0.4 is 5.32 Å². The summed E-state index contributed by atoms with van der Waals surface area (Å²) in [5.41, 5.74) is 5.47. The standard InChI is InChI=1S/C18H19N3O2S/c1-5-15-16(12(4)21-23-15)17(22)20-18-19-14(9-24-18)13-7-6-10(2)11(3)8-13/h6-9H,5H2,1-4H3,(H,19,20,22). The minimum atomic E-state index is -0.230. The van der Waals surface area contributed by atoms with Crippen LogP contribution in [0.15, 0.2) is 28.1 Å². The Bertz CT molecular complexity index is 896. The lowest BCUT2D eigenvalue weighted by Gasteiger charge is -2.03. The quantitative estimate of drug-likeness (QED) is 0.756. The fourth-order valence-corrected chi connectivity index (χ4v) is 3.19. The van der Waals surface area contributed by atoms with Crippen LogP contribution in [0, 0.1) is 20.8 Å². The van der Waals surface area contributed by atoms with E-state index in [1.807, 2.05) is 18.4 Å². The minimum Gasteiger partial charge on any atom is -0.360 e. The van der Waals surface area contributed by atoms with Crippen molar-refractivity contribution in [2.75, 3.05) is 5.32 Å². The van der Waals surface area contributed by atoms with Crippen molar-refractivity contribution in [2.24, 2.45) is 0 Å². The van der Waals surface area contributed by atoms with Gasteiger partial charge in [0.1, 0.15) is 11.3 Å². The van der Waals surface area contributed by atoms with E-state index in [0.717, 1.165) is 11.3 Å². The molecule has 0 unspecified atom stereocenters. The van der Waals surface area contributed by atoms with Crippen LogP contribution in [0.4, 0.5) is 5.13 Å². The van der Waals surface area contributed by atoms with Crippen LogP contribution in [0.25, 0.3) is 11.3 Å². The van der Waals surface area contributed by atoms with E-state index in [1.54, 1.807) is 6.92 Å². The predicted molar refractivity (Wildman–Crippen MR) is 95.6 cm³/mol. The number of carbonyl (C=O) groups excluding carboxylic acids is 1. The predicted octanol–water partition coefficient (Wildman–Crippen LogP) is 4.54. The maximum atomic E-state index is 12.5. The van der Waals surface area contributed by atoms with Gasteiger partial charge in [0, 0.05) is 17.4 Å². The Morgan fingerprint density at radius 3 is 2.75 bits per heavy atom. The first-order valence-electron chi connectivity index (χ1n) is 7.79. The number of benzene rings is 1. The number of aromatic nitrogens is 2. The average Bonchev–Trinajstić information content (AvgIpc) is 3.16. The average molecular weight is 341 g/mol. The summed E-state index contributed by atoms with van der Waals surface area (Å²) in [5, 5.41) is 9.22. The molecule has 0 fully saturated rings. The van der Waals surface area contributed by atoms with Crippen molar-refractivity contribution in [3.8, 4) is 11.3 Å². The van der Waals surface area contributed by atoms with E-state index >= 15 is 0 Å². The third-order valence-electron chi connectivity index (χ3n) is 4.01. The van der Waals surface area contributed by atoms with E-state index in [-0.39, 0.29) is 5.91 Å². The Morgan fingerprint density at radius 2 is 2.04 bits per heavy atom. The largest absolute Gasteiger partial charge is 0.360 e. The number of rotatable bonds is 4. The molecule has 5 nitrogen and oxygen atoms in total. The fraction of sp³-hybridized carbons (Fsp3) is 0.278. The molecule has 124 valence electrons. The highest BCUT2D eigenvalue weighted by Crippen LogP contribution is 2.27. The molecule has 0 bridgehead atoms. The number of nitrogens with zero attached hydrogens (tertiary/aromatic N) is 2. The first kappa shape index (κ1) is 16.4. The summed E-state index contributed by atoms with van der Waals surface area (Å²) in [6, 6.07) is 6.23. The third-order valence-corrected chi connectivity index (χ3v) is 4.77. The summed E-state index contributed by atoms with van der Waals surface area (Å²) in [6.07, 6.45) is 0.620. The number of aryl methyl sites for hydroxylation is 4. The van der Waals surface area contributed by atoms with Gasteiger partial charge in [-0.1, -0.05) is 24.2 Å². The molecule has 6 heteroatoms. The molecule has 0 spiro atoms. The molecule has 0 aliphatic rings. The van der Waals surface area contributed by atoms with Gasteiger partial charge >= 0.3 is 0 Å². The third kappa shape index (κ3) is 3.10. The van der Waals surface area contributed by atoms with E-state index in [9.17, 15) is 4.79 Å². The fourth-order valence-electron chi connectivity index (χ4n) is 2.47. The van der Waals surface area contributed by atoms with Crippen LogP contribution in [0.2, 0.25) is 0 Å². The van der Waals surface area contributed by atoms with E-state index in [0.29, 0.717) is 28.6 Å². The highest BCUT2D eigenvalue weighted by atomic mass is 32.1. The zero-order chi connectivity index (χ0) is 17.3. The van der Waals surface area contributed by atoms with Crippen molar-refractivity contribution in [3.05, 3.63) is 51.7 Å². The summed E-state index contributed by atoms with van der Waals surface area (Å²) in [7, 11) is 0. The minimum absolute atomic E-state index is 0.230. The highest BCUT2D eigenvalue weighted by molar-refractivity contribution is 7.14. The summed E-state index contributed by atoms with van der Waals surface area (Å²) in [4.78, 5) is 17.0. The molecule has 0 aliphatic carbocycles. The lowest BCUT2D eigenvalue weighted by atomic mass is 10.1. The molecular formula is C18H19N3O2S. The second kappa shape index (κ2) is 6.57. The maximum Gasteiger partial charge on any atom is 0.262 e. The number of amides is 1. The van der Waals surface area contributed by atoms with E-state index in [2.05, 4.69) is 41.4 Å². The lowest BCUT2D eigenvalue weighted by molar-refractivity contribution is 0.102. The molecule has 1 aromatic carbocycles. The SMILES string of the molecule is CCc1onc(C)c1C(=O)Nc1nc(-c2ccc(C)c(C)c2)cs1. The van der Waals surface area contributed by atoms with Gasteiger partial charge in [0.05, 0.1) is 11.4 Å². The van der Waals surface area contributed by atoms with Gasteiger partial charge in [0.25, 0.3) is 5.91 Å². The monoisotopic (exact) mass is 341 g/mol. The number of hydrogen-bond donors (Lipinski definition) is 1. The Balaban J connectivity index is 1.82. The molecule has 2 aromatic heterocycles. The Hall–Kier alpha value is -2.47. The molecule has 0 radical (unpaired) electrons. The Kier molecular flexibility index (Phi) is 4.49. The van der Waals surface area contributed by atoms with Gasteiger partial charge in [-0.2, -0.15) is 0 Å². The summed E-state index contributed by atoms with van der Waals surface area (Å²) in [6.45, 7) is 7.85. The topological polar surface area (TPSA) is 68.0 Å². The second-order valence-corrected chi connectivity index (χ2v) is 6.57. The smallest absolute Gasteiger partial charge is 0.262 e. The zero-order valence-electron chi connectivity index (χ0n) is 14.1. The number of carbonyl (C=O) groups is 1. The van der Waals surface area contributed by atoms with Crippen molar-refractivity contribution in [3.63, 3.8) is 0 Å². The van der Waals surface area contributed by atoms with Gasteiger partial charge in [0.15, 0.2) is 5.13 Å². The first-order valence-corrected chi connectivity index (χ1v) is 8.67. The van der Waals surface area contributed by atoms with Crippen molar-refractivity contribution in [2.45, 2.75) is 34.1 Å². The van der Waals surface area contributed by atoms with Gasteiger partial charge < -0.3 is 4.52 Å². The Labute approximate surface area is 144 Å². The van der Waals surface area contributed by atoms with Gasteiger partial charge in [-0.15, -0.1) is 11.3 Å². The lowest BCUT2D eigenvalue weighted by Crippen LogP contribution is -2.14. The van der Waals surface area contributed by atoms with Crippen molar-refractivity contribution < 1.29 is 9.32 Å². The van der Waals surface area contributed by atoms with Gasteiger partial charge in [-0.05, 0) is 38.0 Å². The van der Waals surface area contributed by atoms with Gasteiger partial charge in [0.2, 0.25) is 0 Å². The number of thiazole rings is 1. The first-order chi connectivity index (χ1) is 11.5. The summed E-state index contributed by atoms with van der Waals surface area (Å²) < 4.78 is 5.17.